The SMILES string of the molecule is CN(CC(=O)N1CCNCC1)c1c(Br)cncc1[N+](=O)[O-]. The van der Waals surface area contributed by atoms with Gasteiger partial charge < -0.3 is 15.1 Å². The largest absolute Gasteiger partial charge is 0.359 e. The molecule has 0 radical (unpaired) electrons. The Morgan fingerprint density at radius 2 is 2.19 bits per heavy atom. The Labute approximate surface area is 130 Å². The van der Waals surface area contributed by atoms with E-state index >= 15 is 0 Å². The van der Waals surface area contributed by atoms with Crippen molar-refractivity contribution in [2.45, 2.75) is 0 Å². The van der Waals surface area contributed by atoms with Gasteiger partial charge in [0.05, 0.1) is 15.9 Å². The number of nitro groups is 1. The first-order valence-corrected chi connectivity index (χ1v) is 7.27. The molecule has 1 aromatic rings. The first-order chi connectivity index (χ1) is 10.0. The molecule has 1 aliphatic rings. The number of nitrogens with one attached hydrogen (secondary N) is 1. The minimum atomic E-state index is -0.501. The van der Waals surface area contributed by atoms with Gasteiger partial charge >= 0.3 is 5.69 Å². The summed E-state index contributed by atoms with van der Waals surface area (Å²) in [5.41, 5.74) is 0.235. The van der Waals surface area contributed by atoms with E-state index in [0.717, 1.165) is 13.1 Å². The van der Waals surface area contributed by atoms with Crippen LogP contribution in [0.2, 0.25) is 0 Å². The standard InChI is InChI=1S/C12H16BrN5O3/c1-16(8-11(19)17-4-2-14-3-5-17)12-9(13)6-15-7-10(12)18(20)21/h6-7,14H,2-5,8H2,1H3. The maximum absolute atomic E-state index is 12.2. The van der Waals surface area contributed by atoms with Crippen LogP contribution in [-0.4, -0.2) is 60.5 Å². The Kier molecular flexibility index (Phi) is 5.07. The van der Waals surface area contributed by atoms with E-state index in [0.29, 0.717) is 23.2 Å². The molecule has 0 unspecified atom stereocenters. The van der Waals surface area contributed by atoms with Crippen LogP contribution in [0.15, 0.2) is 16.9 Å². The molecule has 2 heterocycles. The number of nitrogens with zero attached hydrogens (tertiary/aromatic N) is 4. The Morgan fingerprint density at radius 1 is 1.52 bits per heavy atom. The van der Waals surface area contributed by atoms with Crippen LogP contribution in [0.3, 0.4) is 0 Å². The predicted molar refractivity (Wildman–Crippen MR) is 81.3 cm³/mol. The van der Waals surface area contributed by atoms with Gasteiger partial charge in [-0.2, -0.15) is 0 Å². The summed E-state index contributed by atoms with van der Waals surface area (Å²) in [5, 5.41) is 14.3. The maximum Gasteiger partial charge on any atom is 0.311 e. The van der Waals surface area contributed by atoms with Crippen LogP contribution in [0.25, 0.3) is 0 Å². The van der Waals surface area contributed by atoms with E-state index in [2.05, 4.69) is 26.2 Å². The lowest BCUT2D eigenvalue weighted by Gasteiger charge is -2.29. The third-order valence-electron chi connectivity index (χ3n) is 3.27. The summed E-state index contributed by atoms with van der Waals surface area (Å²) in [7, 11) is 1.66. The molecule has 114 valence electrons. The zero-order chi connectivity index (χ0) is 15.4. The smallest absolute Gasteiger partial charge is 0.311 e. The third kappa shape index (κ3) is 3.67. The number of likely N-dealkylation sites (N-methyl/N-ethyl adjacent to an activating group) is 1. The average Bonchev–Trinajstić information content (AvgIpc) is 2.47. The molecule has 1 N–H and O–H groups in total. The average molecular weight is 358 g/mol. The van der Waals surface area contributed by atoms with Crippen LogP contribution in [0, 0.1) is 10.1 Å². The molecule has 0 aromatic carbocycles. The van der Waals surface area contributed by atoms with Crippen molar-refractivity contribution >= 4 is 33.2 Å². The number of pyridine rings is 1. The fraction of sp³-hybridized carbons (Fsp3) is 0.500. The number of carbonyl (C=O) groups is 1. The number of hydrogen-bond acceptors (Lipinski definition) is 6. The molecule has 1 aromatic heterocycles. The van der Waals surface area contributed by atoms with Gasteiger partial charge in [-0.25, -0.2) is 0 Å². The van der Waals surface area contributed by atoms with Crippen molar-refractivity contribution in [1.29, 1.82) is 0 Å². The van der Waals surface area contributed by atoms with Gasteiger partial charge in [0, 0.05) is 39.4 Å². The van der Waals surface area contributed by atoms with Crippen molar-refractivity contribution in [3.8, 4) is 0 Å². The Morgan fingerprint density at radius 3 is 2.81 bits per heavy atom. The number of carbonyl (C=O) groups excluding carboxylic acids is 1. The van der Waals surface area contributed by atoms with Gasteiger partial charge in [-0.3, -0.25) is 19.9 Å². The van der Waals surface area contributed by atoms with Gasteiger partial charge in [0.15, 0.2) is 0 Å². The van der Waals surface area contributed by atoms with Crippen molar-refractivity contribution in [3.63, 3.8) is 0 Å². The second kappa shape index (κ2) is 6.81. The highest BCUT2D eigenvalue weighted by Gasteiger charge is 2.24. The number of halogens is 1. The summed E-state index contributed by atoms with van der Waals surface area (Å²) in [6, 6.07) is 0. The van der Waals surface area contributed by atoms with Gasteiger partial charge in [0.25, 0.3) is 0 Å². The topological polar surface area (TPSA) is 91.6 Å². The first kappa shape index (κ1) is 15.6. The molecule has 0 aliphatic carbocycles. The number of aromatic nitrogens is 1. The monoisotopic (exact) mass is 357 g/mol. The summed E-state index contributed by atoms with van der Waals surface area (Å²) >= 11 is 3.26. The van der Waals surface area contributed by atoms with Crippen molar-refractivity contribution in [2.24, 2.45) is 0 Å². The molecule has 2 rings (SSSR count). The van der Waals surface area contributed by atoms with E-state index in [1.54, 1.807) is 16.8 Å². The van der Waals surface area contributed by atoms with Crippen LogP contribution in [0.1, 0.15) is 0 Å². The van der Waals surface area contributed by atoms with Gasteiger partial charge in [-0.05, 0) is 15.9 Å². The number of amides is 1. The van der Waals surface area contributed by atoms with Crippen molar-refractivity contribution < 1.29 is 9.72 Å². The summed E-state index contributed by atoms with van der Waals surface area (Å²) < 4.78 is 0.493. The van der Waals surface area contributed by atoms with Gasteiger partial charge in [0.1, 0.15) is 11.9 Å². The summed E-state index contributed by atoms with van der Waals surface area (Å²) in [6.45, 7) is 2.95. The Balaban J connectivity index is 2.14. The molecule has 0 spiro atoms. The molecule has 1 amide bonds. The maximum atomic E-state index is 12.2. The number of anilines is 1. The highest BCUT2D eigenvalue weighted by atomic mass is 79.9. The summed E-state index contributed by atoms with van der Waals surface area (Å²) in [5.74, 6) is -0.0444. The van der Waals surface area contributed by atoms with E-state index in [-0.39, 0.29) is 18.1 Å². The minimum absolute atomic E-state index is 0.0444. The summed E-state index contributed by atoms with van der Waals surface area (Å²) in [6.07, 6.45) is 2.67. The zero-order valence-electron chi connectivity index (χ0n) is 11.6. The number of piperazine rings is 1. The van der Waals surface area contributed by atoms with Crippen LogP contribution < -0.4 is 10.2 Å². The zero-order valence-corrected chi connectivity index (χ0v) is 13.2. The molecular formula is C12H16BrN5O3. The molecule has 0 saturated carbocycles. The molecule has 1 fully saturated rings. The third-order valence-corrected chi connectivity index (χ3v) is 3.85. The first-order valence-electron chi connectivity index (χ1n) is 6.48. The van der Waals surface area contributed by atoms with Crippen LogP contribution in [-0.2, 0) is 4.79 Å². The quantitative estimate of drug-likeness (QED) is 0.627. The lowest BCUT2D eigenvalue weighted by Crippen LogP contribution is -2.49. The van der Waals surface area contributed by atoms with E-state index in [4.69, 9.17) is 0 Å². The van der Waals surface area contributed by atoms with E-state index in [1.807, 2.05) is 0 Å². The molecule has 21 heavy (non-hydrogen) atoms. The number of hydrogen-bond donors (Lipinski definition) is 1. The molecule has 0 atom stereocenters. The minimum Gasteiger partial charge on any atom is -0.359 e. The van der Waals surface area contributed by atoms with E-state index in [1.165, 1.54) is 12.4 Å². The lowest BCUT2D eigenvalue weighted by molar-refractivity contribution is -0.384. The van der Waals surface area contributed by atoms with Crippen LogP contribution >= 0.6 is 15.9 Å². The van der Waals surface area contributed by atoms with Gasteiger partial charge in [-0.15, -0.1) is 0 Å². The predicted octanol–water partition coefficient (Wildman–Crippen LogP) is 0.620. The van der Waals surface area contributed by atoms with Crippen LogP contribution in [0.5, 0.6) is 0 Å². The van der Waals surface area contributed by atoms with E-state index < -0.39 is 4.92 Å². The fourth-order valence-corrected chi connectivity index (χ4v) is 2.85. The second-order valence-corrected chi connectivity index (χ2v) is 5.59. The molecule has 1 saturated heterocycles. The molecule has 9 heteroatoms. The summed E-state index contributed by atoms with van der Waals surface area (Å²) in [4.78, 5) is 29.9. The fourth-order valence-electron chi connectivity index (χ4n) is 2.23. The Bertz CT molecular complexity index is 548. The number of rotatable bonds is 4. The van der Waals surface area contributed by atoms with Crippen molar-refractivity contribution in [1.82, 2.24) is 15.2 Å². The van der Waals surface area contributed by atoms with Crippen molar-refractivity contribution in [3.05, 3.63) is 27.0 Å². The highest BCUT2D eigenvalue weighted by molar-refractivity contribution is 9.10. The molecule has 1 aliphatic heterocycles. The van der Waals surface area contributed by atoms with E-state index in [9.17, 15) is 14.9 Å². The van der Waals surface area contributed by atoms with Gasteiger partial charge in [-0.1, -0.05) is 0 Å². The normalized spacial score (nSPS) is 14.9. The lowest BCUT2D eigenvalue weighted by atomic mass is 10.3. The molecule has 0 bridgehead atoms. The van der Waals surface area contributed by atoms with Gasteiger partial charge in [0.2, 0.25) is 5.91 Å². The van der Waals surface area contributed by atoms with Crippen molar-refractivity contribution in [2.75, 3.05) is 44.7 Å². The second-order valence-electron chi connectivity index (χ2n) is 4.73. The highest BCUT2D eigenvalue weighted by Crippen LogP contribution is 2.33. The van der Waals surface area contributed by atoms with Crippen LogP contribution in [0.4, 0.5) is 11.4 Å². The molecular weight excluding hydrogens is 342 g/mol. The molecule has 8 nitrogen and oxygen atoms in total. The Hall–Kier alpha value is -1.74.